The number of hydrogen-bond acceptors (Lipinski definition) is 1. The third kappa shape index (κ3) is 5.27. The lowest BCUT2D eigenvalue weighted by Crippen LogP contribution is -2.35. The van der Waals surface area contributed by atoms with Gasteiger partial charge < -0.3 is 9.47 Å². The molecule has 1 aromatic heterocycles. The number of rotatable bonds is 5. The SMILES string of the molecule is CC1(C)c2ccccc2-c2cc(N(c3ccc4c(c3)-c3ccccc3C4(C)C)c3ccccc3C=Cc3cccc4c3C3(C5=C(C=CCC5)c5ccccc53)c3cccc5c6ccccc6n-4c35)ccc21. The van der Waals surface area contributed by atoms with Crippen LogP contribution in [0.5, 0.6) is 0 Å². The van der Waals surface area contributed by atoms with Crippen LogP contribution in [0.15, 0.2) is 212 Å². The van der Waals surface area contributed by atoms with Gasteiger partial charge >= 0.3 is 0 Å². The van der Waals surface area contributed by atoms with E-state index in [0.29, 0.717) is 0 Å². The number of anilines is 3. The second kappa shape index (κ2) is 14.4. The second-order valence-electron chi connectivity index (χ2n) is 21.5. The quantitative estimate of drug-likeness (QED) is 0.156. The monoisotopic (exact) mass is 908 g/mol. The van der Waals surface area contributed by atoms with Crippen molar-refractivity contribution in [3.05, 3.63) is 267 Å². The Balaban J connectivity index is 0.964. The molecule has 0 saturated heterocycles. The third-order valence-corrected chi connectivity index (χ3v) is 17.3. The Kier molecular flexibility index (Phi) is 8.27. The van der Waals surface area contributed by atoms with Gasteiger partial charge in [-0.15, -0.1) is 0 Å². The fraction of sp³-hybridized carbons (Fsp3) is 0.130. The molecule has 0 amide bonds. The molecule has 2 heterocycles. The van der Waals surface area contributed by atoms with Crippen molar-refractivity contribution < 1.29 is 0 Å². The molecule has 0 radical (unpaired) electrons. The molecule has 1 aliphatic heterocycles. The van der Waals surface area contributed by atoms with Gasteiger partial charge in [-0.2, -0.15) is 0 Å². The fourth-order valence-electron chi connectivity index (χ4n) is 14.2. The Hall–Kier alpha value is -8.20. The Morgan fingerprint density at radius 3 is 1.75 bits per heavy atom. The Bertz CT molecular complexity index is 3960. The van der Waals surface area contributed by atoms with Crippen LogP contribution in [0.1, 0.15) is 96.2 Å². The molecule has 5 aliphatic rings. The maximum absolute atomic E-state index is 2.58. The number of fused-ring (bicyclic) bond motifs is 17. The minimum atomic E-state index is -0.467. The molecule has 2 heteroatoms. The van der Waals surface area contributed by atoms with Crippen molar-refractivity contribution in [3.63, 3.8) is 0 Å². The zero-order chi connectivity index (χ0) is 47.4. The van der Waals surface area contributed by atoms with Crippen LogP contribution >= 0.6 is 0 Å². The Morgan fingerprint density at radius 1 is 0.465 bits per heavy atom. The summed E-state index contributed by atoms with van der Waals surface area (Å²) >= 11 is 0. The summed E-state index contributed by atoms with van der Waals surface area (Å²) in [6.45, 7) is 9.48. The number of para-hydroxylation sites is 3. The third-order valence-electron chi connectivity index (χ3n) is 17.3. The molecule has 10 aromatic rings. The molecule has 4 aliphatic carbocycles. The first-order valence-corrected chi connectivity index (χ1v) is 25.5. The van der Waals surface area contributed by atoms with Crippen LogP contribution in [-0.4, -0.2) is 4.57 Å². The van der Waals surface area contributed by atoms with Gasteiger partial charge in [-0.25, -0.2) is 0 Å². The average molecular weight is 909 g/mol. The molecule has 71 heavy (non-hydrogen) atoms. The molecule has 15 rings (SSSR count). The number of aromatic nitrogens is 1. The topological polar surface area (TPSA) is 8.17 Å². The van der Waals surface area contributed by atoms with E-state index >= 15 is 0 Å². The van der Waals surface area contributed by atoms with Crippen molar-refractivity contribution >= 4 is 56.6 Å². The van der Waals surface area contributed by atoms with E-state index in [0.717, 1.165) is 35.5 Å². The van der Waals surface area contributed by atoms with Crippen LogP contribution in [0.25, 0.3) is 67.5 Å². The zero-order valence-corrected chi connectivity index (χ0v) is 40.6. The lowest BCUT2D eigenvalue weighted by molar-refractivity contribution is 0.660. The van der Waals surface area contributed by atoms with Crippen LogP contribution < -0.4 is 4.90 Å². The van der Waals surface area contributed by atoms with E-state index in [9.17, 15) is 0 Å². The Morgan fingerprint density at radius 2 is 1.01 bits per heavy atom. The van der Waals surface area contributed by atoms with Gasteiger partial charge in [0, 0.05) is 38.5 Å². The van der Waals surface area contributed by atoms with Crippen LogP contribution in [0.3, 0.4) is 0 Å². The molecule has 9 aromatic carbocycles. The summed E-state index contributed by atoms with van der Waals surface area (Å²) in [5.41, 5.74) is 28.2. The highest BCUT2D eigenvalue weighted by atomic mass is 15.1. The number of hydrogen-bond donors (Lipinski definition) is 0. The number of benzene rings is 9. The first kappa shape index (κ1) is 40.7. The van der Waals surface area contributed by atoms with Gasteiger partial charge in [-0.05, 0) is 139 Å². The molecule has 0 bridgehead atoms. The molecule has 1 unspecified atom stereocenters. The van der Waals surface area contributed by atoms with Crippen molar-refractivity contribution in [2.24, 2.45) is 0 Å². The van der Waals surface area contributed by atoms with Crippen molar-refractivity contribution in [1.82, 2.24) is 4.57 Å². The van der Waals surface area contributed by atoms with Gasteiger partial charge in [-0.3, -0.25) is 0 Å². The van der Waals surface area contributed by atoms with Gasteiger partial charge in [0.15, 0.2) is 0 Å². The van der Waals surface area contributed by atoms with Gasteiger partial charge in [-0.1, -0.05) is 204 Å². The summed E-state index contributed by atoms with van der Waals surface area (Å²) in [4.78, 5) is 2.52. The molecule has 0 N–H and O–H groups in total. The van der Waals surface area contributed by atoms with Crippen molar-refractivity contribution in [2.75, 3.05) is 4.90 Å². The van der Waals surface area contributed by atoms with E-state index in [4.69, 9.17) is 0 Å². The summed E-state index contributed by atoms with van der Waals surface area (Å²) in [7, 11) is 0. The smallest absolute Gasteiger partial charge is 0.0723 e. The summed E-state index contributed by atoms with van der Waals surface area (Å²) in [6, 6.07) is 73.8. The van der Waals surface area contributed by atoms with Crippen molar-refractivity contribution in [2.45, 2.75) is 56.8 Å². The highest BCUT2D eigenvalue weighted by Gasteiger charge is 2.52. The largest absolute Gasteiger partial charge is 0.310 e. The summed E-state index contributed by atoms with van der Waals surface area (Å²) < 4.78 is 2.58. The predicted octanol–water partition coefficient (Wildman–Crippen LogP) is 17.8. The standard InChI is InChI=1S/C69H52N2/c1-67(2)55-27-11-6-23-49(55)53-41-45(37-39-57(53)67)70(46-38-40-58-54(42-46)50-24-7-12-28-56(50)68(58,3)4)62-32-15-5-19-43(62)35-36-44-20-17-34-64-65(44)69(59-29-13-8-21-47(59)48-22-9-14-30-60(48)69)61-31-18-26-52-51-25-10-16-33-63(51)71(64)66(52)61/h5-13,15-29,31-42H,14,30H2,1-4H3. The van der Waals surface area contributed by atoms with E-state index in [2.05, 4.69) is 256 Å². The molecule has 0 saturated carbocycles. The molecule has 0 fully saturated rings. The van der Waals surface area contributed by atoms with Crippen molar-refractivity contribution in [3.8, 4) is 27.9 Å². The average Bonchev–Trinajstić information content (AvgIpc) is 4.06. The lowest BCUT2D eigenvalue weighted by Gasteiger charge is -2.42. The van der Waals surface area contributed by atoms with Crippen LogP contribution in [0.4, 0.5) is 17.1 Å². The van der Waals surface area contributed by atoms with Gasteiger partial charge in [0.05, 0.1) is 27.8 Å². The van der Waals surface area contributed by atoms with E-state index < -0.39 is 5.41 Å². The van der Waals surface area contributed by atoms with Gasteiger partial charge in [0.2, 0.25) is 0 Å². The maximum atomic E-state index is 2.58. The first-order chi connectivity index (χ1) is 34.8. The number of nitrogens with zero attached hydrogens (tertiary/aromatic N) is 2. The van der Waals surface area contributed by atoms with E-state index in [-0.39, 0.29) is 10.8 Å². The predicted molar refractivity (Wildman–Crippen MR) is 298 cm³/mol. The first-order valence-electron chi connectivity index (χ1n) is 25.5. The molecule has 338 valence electrons. The normalized spacial score (nSPS) is 17.9. The van der Waals surface area contributed by atoms with Gasteiger partial charge in [0.1, 0.15) is 0 Å². The van der Waals surface area contributed by atoms with Crippen LogP contribution in [0.2, 0.25) is 0 Å². The summed E-state index contributed by atoms with van der Waals surface area (Å²) in [6.07, 6.45) is 11.7. The van der Waals surface area contributed by atoms with E-state index in [1.54, 1.807) is 0 Å². The van der Waals surface area contributed by atoms with Gasteiger partial charge in [0.25, 0.3) is 0 Å². The molecular formula is C69H52N2. The molecule has 2 nitrogen and oxygen atoms in total. The van der Waals surface area contributed by atoms with Crippen molar-refractivity contribution in [1.29, 1.82) is 0 Å². The Labute approximate surface area is 416 Å². The lowest BCUT2D eigenvalue weighted by atomic mass is 9.62. The van der Waals surface area contributed by atoms with Crippen LogP contribution in [0, 0.1) is 0 Å². The summed E-state index contributed by atoms with van der Waals surface area (Å²) in [5.74, 6) is 0. The minimum Gasteiger partial charge on any atom is -0.310 e. The molecule has 1 atom stereocenters. The molecule has 1 spiro atoms. The highest BCUT2D eigenvalue weighted by molar-refractivity contribution is 6.13. The zero-order valence-electron chi connectivity index (χ0n) is 40.6. The second-order valence-corrected chi connectivity index (χ2v) is 21.5. The molecular weight excluding hydrogens is 857 g/mol. The maximum Gasteiger partial charge on any atom is 0.0723 e. The fourth-order valence-corrected chi connectivity index (χ4v) is 14.2. The van der Waals surface area contributed by atoms with Crippen LogP contribution in [-0.2, 0) is 16.2 Å². The minimum absolute atomic E-state index is 0.0885. The van der Waals surface area contributed by atoms with E-state index in [1.807, 2.05) is 0 Å². The van der Waals surface area contributed by atoms with E-state index in [1.165, 1.54) is 111 Å². The highest BCUT2D eigenvalue weighted by Crippen LogP contribution is 2.63. The summed E-state index contributed by atoms with van der Waals surface area (Å²) in [5, 5.41) is 2.61. The number of allylic oxidation sites excluding steroid dienone is 4.